The molecule has 1 N–H and O–H groups in total. The summed E-state index contributed by atoms with van der Waals surface area (Å²) in [5.74, 6) is -0.463. The monoisotopic (exact) mass is 235 g/mol. The SMILES string of the molecule is CCN(c1nccc(C(=O)O)n1)C1CCCC1. The first-order chi connectivity index (χ1) is 8.22. The molecule has 2 rings (SSSR count). The van der Waals surface area contributed by atoms with Gasteiger partial charge in [-0.2, -0.15) is 0 Å². The Labute approximate surface area is 100 Å². The zero-order valence-electron chi connectivity index (χ0n) is 9.96. The number of hydrogen-bond acceptors (Lipinski definition) is 4. The summed E-state index contributed by atoms with van der Waals surface area (Å²) in [4.78, 5) is 21.3. The maximum atomic E-state index is 10.9. The van der Waals surface area contributed by atoms with Gasteiger partial charge in [0.25, 0.3) is 0 Å². The molecule has 5 heteroatoms. The lowest BCUT2D eigenvalue weighted by Gasteiger charge is -2.27. The lowest BCUT2D eigenvalue weighted by Crippen LogP contribution is -2.34. The lowest BCUT2D eigenvalue weighted by molar-refractivity contribution is 0.0690. The van der Waals surface area contributed by atoms with Gasteiger partial charge in [-0.1, -0.05) is 12.8 Å². The summed E-state index contributed by atoms with van der Waals surface area (Å²) < 4.78 is 0. The summed E-state index contributed by atoms with van der Waals surface area (Å²) in [5, 5.41) is 8.92. The molecule has 1 aliphatic rings. The quantitative estimate of drug-likeness (QED) is 0.863. The molecule has 0 spiro atoms. The van der Waals surface area contributed by atoms with Crippen LogP contribution in [0.1, 0.15) is 43.1 Å². The Balaban J connectivity index is 2.23. The summed E-state index contributed by atoms with van der Waals surface area (Å²) in [6.45, 7) is 2.86. The molecule has 1 fully saturated rings. The van der Waals surface area contributed by atoms with Gasteiger partial charge in [-0.15, -0.1) is 0 Å². The van der Waals surface area contributed by atoms with Crippen molar-refractivity contribution < 1.29 is 9.90 Å². The van der Waals surface area contributed by atoms with Crippen molar-refractivity contribution in [2.75, 3.05) is 11.4 Å². The van der Waals surface area contributed by atoms with Crippen molar-refractivity contribution in [3.63, 3.8) is 0 Å². The summed E-state index contributed by atoms with van der Waals surface area (Å²) in [7, 11) is 0. The van der Waals surface area contributed by atoms with Crippen LogP contribution in [0.4, 0.5) is 5.95 Å². The van der Waals surface area contributed by atoms with Gasteiger partial charge in [-0.05, 0) is 25.8 Å². The highest BCUT2D eigenvalue weighted by Gasteiger charge is 2.23. The Bertz CT molecular complexity index is 402. The normalized spacial score (nSPS) is 16.1. The molecule has 1 heterocycles. The van der Waals surface area contributed by atoms with E-state index in [1.54, 1.807) is 0 Å². The molecule has 0 aliphatic heterocycles. The molecular weight excluding hydrogens is 218 g/mol. The highest BCUT2D eigenvalue weighted by Crippen LogP contribution is 2.25. The second-order valence-corrected chi connectivity index (χ2v) is 4.27. The van der Waals surface area contributed by atoms with Crippen molar-refractivity contribution >= 4 is 11.9 Å². The Morgan fingerprint density at radius 2 is 2.24 bits per heavy atom. The Kier molecular flexibility index (Phi) is 3.56. The minimum Gasteiger partial charge on any atom is -0.477 e. The van der Waals surface area contributed by atoms with E-state index >= 15 is 0 Å². The zero-order valence-corrected chi connectivity index (χ0v) is 9.96. The van der Waals surface area contributed by atoms with Crippen molar-refractivity contribution in [1.82, 2.24) is 9.97 Å². The van der Waals surface area contributed by atoms with E-state index in [0.29, 0.717) is 12.0 Å². The Hall–Kier alpha value is -1.65. The van der Waals surface area contributed by atoms with Gasteiger partial charge in [0, 0.05) is 18.8 Å². The van der Waals surface area contributed by atoms with Gasteiger partial charge in [-0.25, -0.2) is 14.8 Å². The van der Waals surface area contributed by atoms with Gasteiger partial charge in [0.05, 0.1) is 0 Å². The van der Waals surface area contributed by atoms with Crippen molar-refractivity contribution in [3.05, 3.63) is 18.0 Å². The molecule has 0 saturated heterocycles. The summed E-state index contributed by atoms with van der Waals surface area (Å²) in [5.41, 5.74) is 0.0615. The number of aromatic carboxylic acids is 1. The van der Waals surface area contributed by atoms with E-state index in [9.17, 15) is 4.79 Å². The summed E-state index contributed by atoms with van der Waals surface area (Å²) in [6, 6.07) is 1.89. The van der Waals surface area contributed by atoms with Gasteiger partial charge in [0.15, 0.2) is 5.69 Å². The van der Waals surface area contributed by atoms with Gasteiger partial charge < -0.3 is 10.0 Å². The molecule has 0 unspecified atom stereocenters. The molecular formula is C12H17N3O2. The Morgan fingerprint density at radius 1 is 1.53 bits per heavy atom. The molecule has 92 valence electrons. The number of nitrogens with zero attached hydrogens (tertiary/aromatic N) is 3. The number of anilines is 1. The predicted molar refractivity (Wildman–Crippen MR) is 64.3 cm³/mol. The minimum atomic E-state index is -1.00. The van der Waals surface area contributed by atoms with Gasteiger partial charge in [0.2, 0.25) is 5.95 Å². The molecule has 0 amide bonds. The fraction of sp³-hybridized carbons (Fsp3) is 0.583. The van der Waals surface area contributed by atoms with Crippen LogP contribution in [0.25, 0.3) is 0 Å². The topological polar surface area (TPSA) is 66.3 Å². The zero-order chi connectivity index (χ0) is 12.3. The fourth-order valence-corrected chi connectivity index (χ4v) is 2.38. The van der Waals surface area contributed by atoms with E-state index in [4.69, 9.17) is 5.11 Å². The third kappa shape index (κ3) is 2.54. The van der Waals surface area contributed by atoms with Crippen LogP contribution < -0.4 is 4.90 Å². The van der Waals surface area contributed by atoms with Gasteiger partial charge >= 0.3 is 5.97 Å². The van der Waals surface area contributed by atoms with Crippen molar-refractivity contribution in [2.24, 2.45) is 0 Å². The maximum absolute atomic E-state index is 10.9. The number of carboxylic acid groups (broad SMARTS) is 1. The highest BCUT2D eigenvalue weighted by atomic mass is 16.4. The van der Waals surface area contributed by atoms with Gasteiger partial charge in [-0.3, -0.25) is 0 Å². The number of carbonyl (C=O) groups is 1. The molecule has 0 atom stereocenters. The van der Waals surface area contributed by atoms with Crippen LogP contribution in [0.5, 0.6) is 0 Å². The van der Waals surface area contributed by atoms with E-state index in [1.807, 2.05) is 0 Å². The minimum absolute atomic E-state index is 0.0615. The third-order valence-electron chi connectivity index (χ3n) is 3.23. The highest BCUT2D eigenvalue weighted by molar-refractivity contribution is 5.85. The van der Waals surface area contributed by atoms with Crippen LogP contribution >= 0.6 is 0 Å². The van der Waals surface area contributed by atoms with E-state index in [1.165, 1.54) is 25.1 Å². The van der Waals surface area contributed by atoms with Crippen LogP contribution in [-0.4, -0.2) is 33.6 Å². The fourth-order valence-electron chi connectivity index (χ4n) is 2.38. The van der Waals surface area contributed by atoms with Crippen LogP contribution in [0.15, 0.2) is 12.3 Å². The largest absolute Gasteiger partial charge is 0.477 e. The molecule has 1 aliphatic carbocycles. The predicted octanol–water partition coefficient (Wildman–Crippen LogP) is 1.94. The molecule has 17 heavy (non-hydrogen) atoms. The van der Waals surface area contributed by atoms with Gasteiger partial charge in [0.1, 0.15) is 0 Å². The first-order valence-electron chi connectivity index (χ1n) is 6.05. The summed E-state index contributed by atoms with van der Waals surface area (Å²) >= 11 is 0. The van der Waals surface area contributed by atoms with E-state index < -0.39 is 5.97 Å². The van der Waals surface area contributed by atoms with Crippen molar-refractivity contribution in [1.29, 1.82) is 0 Å². The van der Waals surface area contributed by atoms with E-state index in [0.717, 1.165) is 19.4 Å². The number of hydrogen-bond donors (Lipinski definition) is 1. The van der Waals surface area contributed by atoms with Crippen LogP contribution in [0.3, 0.4) is 0 Å². The molecule has 1 saturated carbocycles. The molecule has 5 nitrogen and oxygen atoms in total. The molecule has 1 aromatic heterocycles. The van der Waals surface area contributed by atoms with Crippen LogP contribution in [0.2, 0.25) is 0 Å². The average Bonchev–Trinajstić information content (AvgIpc) is 2.84. The standard InChI is InChI=1S/C12H17N3O2/c1-2-15(9-5-3-4-6-9)12-13-8-7-10(14-12)11(16)17/h7-9H,2-6H2,1H3,(H,16,17). The van der Waals surface area contributed by atoms with Crippen LogP contribution in [0, 0.1) is 0 Å². The first kappa shape index (κ1) is 11.8. The summed E-state index contributed by atoms with van der Waals surface area (Å²) in [6.07, 6.45) is 6.28. The Morgan fingerprint density at radius 3 is 2.82 bits per heavy atom. The number of aromatic nitrogens is 2. The smallest absolute Gasteiger partial charge is 0.354 e. The average molecular weight is 235 g/mol. The van der Waals surface area contributed by atoms with Crippen LogP contribution in [-0.2, 0) is 0 Å². The molecule has 0 aromatic carbocycles. The van der Waals surface area contributed by atoms with E-state index in [-0.39, 0.29) is 5.69 Å². The second-order valence-electron chi connectivity index (χ2n) is 4.27. The number of rotatable bonds is 4. The molecule has 0 radical (unpaired) electrons. The molecule has 1 aromatic rings. The molecule has 0 bridgehead atoms. The van der Waals surface area contributed by atoms with Crippen molar-refractivity contribution in [3.8, 4) is 0 Å². The lowest BCUT2D eigenvalue weighted by atomic mass is 10.2. The third-order valence-corrected chi connectivity index (χ3v) is 3.23. The maximum Gasteiger partial charge on any atom is 0.354 e. The second kappa shape index (κ2) is 5.12. The first-order valence-corrected chi connectivity index (χ1v) is 6.05. The van der Waals surface area contributed by atoms with Crippen molar-refractivity contribution in [2.45, 2.75) is 38.6 Å². The van der Waals surface area contributed by atoms with E-state index in [2.05, 4.69) is 21.8 Å². The number of carboxylic acids is 1.